The van der Waals surface area contributed by atoms with Gasteiger partial charge in [0.05, 0.1) is 6.54 Å². The Kier molecular flexibility index (Phi) is 4.26. The summed E-state index contributed by atoms with van der Waals surface area (Å²) in [6.07, 6.45) is 0.714. The normalized spacial score (nSPS) is 8.75. The third kappa shape index (κ3) is 3.61. The Morgan fingerprint density at radius 3 is 2.75 bits per heavy atom. The minimum absolute atomic E-state index is 0.0694. The lowest BCUT2D eigenvalue weighted by molar-refractivity contribution is -0.119. The predicted octanol–water partition coefficient (Wildman–Crippen LogP) is -0.715. The van der Waals surface area contributed by atoms with Crippen molar-refractivity contribution in [2.75, 3.05) is 13.1 Å². The molecule has 0 aliphatic rings. The molecule has 1 amide bonds. The molecule has 0 aliphatic carbocycles. The third-order valence-electron chi connectivity index (χ3n) is 0.684. The van der Waals surface area contributed by atoms with Crippen LogP contribution < -0.4 is 11.1 Å². The van der Waals surface area contributed by atoms with E-state index in [0.717, 1.165) is 0 Å². The quantitative estimate of drug-likeness (QED) is 0.510. The minimum Gasteiger partial charge on any atom is -0.355 e. The molecule has 3 heteroatoms. The van der Waals surface area contributed by atoms with Crippen LogP contribution in [0, 0.1) is 6.92 Å². The molecule has 3 nitrogen and oxygen atoms in total. The van der Waals surface area contributed by atoms with Crippen LogP contribution in [0.5, 0.6) is 0 Å². The molecule has 0 saturated heterocycles. The minimum atomic E-state index is -0.117. The summed E-state index contributed by atoms with van der Waals surface area (Å²) in [6.45, 7) is 4.23. The van der Waals surface area contributed by atoms with Crippen LogP contribution in [0.4, 0.5) is 0 Å². The van der Waals surface area contributed by atoms with Crippen molar-refractivity contribution in [3.05, 3.63) is 6.92 Å². The molecule has 0 unspecified atom stereocenters. The van der Waals surface area contributed by atoms with Crippen LogP contribution in [0.2, 0.25) is 0 Å². The van der Waals surface area contributed by atoms with E-state index in [1.807, 2.05) is 0 Å². The van der Waals surface area contributed by atoms with E-state index in [1.165, 1.54) is 0 Å². The Hall–Kier alpha value is -0.570. The van der Waals surface area contributed by atoms with Gasteiger partial charge in [-0.2, -0.15) is 0 Å². The average Bonchev–Trinajstić information content (AvgIpc) is 1.83. The zero-order chi connectivity index (χ0) is 6.41. The molecule has 0 heterocycles. The third-order valence-corrected chi connectivity index (χ3v) is 0.684. The Morgan fingerprint density at radius 2 is 2.38 bits per heavy atom. The molecular formula is C5H11N2O. The molecule has 8 heavy (non-hydrogen) atoms. The lowest BCUT2D eigenvalue weighted by Crippen LogP contribution is -2.30. The van der Waals surface area contributed by atoms with Crippen molar-refractivity contribution in [1.29, 1.82) is 0 Å². The summed E-state index contributed by atoms with van der Waals surface area (Å²) in [7, 11) is 0. The molecule has 0 aromatic heterocycles. The van der Waals surface area contributed by atoms with Gasteiger partial charge in [0.25, 0.3) is 0 Å². The van der Waals surface area contributed by atoms with E-state index in [4.69, 9.17) is 5.73 Å². The van der Waals surface area contributed by atoms with E-state index in [-0.39, 0.29) is 12.5 Å². The van der Waals surface area contributed by atoms with Crippen LogP contribution in [0.25, 0.3) is 0 Å². The monoisotopic (exact) mass is 115 g/mol. The average molecular weight is 115 g/mol. The van der Waals surface area contributed by atoms with Gasteiger partial charge in [-0.1, -0.05) is 6.92 Å². The standard InChI is InChI=1S/C5H11N2O/c1-2-3-7-5(8)4-6/h1-4,6H2,(H,7,8). The summed E-state index contributed by atoms with van der Waals surface area (Å²) in [5, 5.41) is 2.56. The van der Waals surface area contributed by atoms with Crippen LogP contribution in [-0.4, -0.2) is 19.0 Å². The SMILES string of the molecule is [CH2]CCNC(=O)CN. The maximum absolute atomic E-state index is 10.3. The van der Waals surface area contributed by atoms with Gasteiger partial charge in [0.15, 0.2) is 0 Å². The maximum Gasteiger partial charge on any atom is 0.233 e. The van der Waals surface area contributed by atoms with Crippen LogP contribution >= 0.6 is 0 Å². The first-order valence-electron chi connectivity index (χ1n) is 2.57. The van der Waals surface area contributed by atoms with Crippen molar-refractivity contribution in [1.82, 2.24) is 5.32 Å². The van der Waals surface area contributed by atoms with Crippen molar-refractivity contribution < 1.29 is 4.79 Å². The summed E-state index contributed by atoms with van der Waals surface area (Å²) < 4.78 is 0. The molecule has 0 aliphatic heterocycles. The Labute approximate surface area is 49.3 Å². The fourth-order valence-electron chi connectivity index (χ4n) is 0.300. The second kappa shape index (κ2) is 4.59. The van der Waals surface area contributed by atoms with E-state index in [2.05, 4.69) is 12.2 Å². The first-order valence-corrected chi connectivity index (χ1v) is 2.57. The zero-order valence-corrected chi connectivity index (χ0v) is 4.81. The summed E-state index contributed by atoms with van der Waals surface area (Å²) >= 11 is 0. The fourth-order valence-corrected chi connectivity index (χ4v) is 0.300. The van der Waals surface area contributed by atoms with Gasteiger partial charge in [-0.25, -0.2) is 0 Å². The van der Waals surface area contributed by atoms with Gasteiger partial charge in [0, 0.05) is 6.54 Å². The highest BCUT2D eigenvalue weighted by atomic mass is 16.1. The first kappa shape index (κ1) is 7.43. The van der Waals surface area contributed by atoms with Crippen molar-refractivity contribution in [2.24, 2.45) is 5.73 Å². The highest BCUT2D eigenvalue weighted by Gasteiger charge is 1.90. The topological polar surface area (TPSA) is 55.1 Å². The highest BCUT2D eigenvalue weighted by molar-refractivity contribution is 5.77. The summed E-state index contributed by atoms with van der Waals surface area (Å²) in [5.41, 5.74) is 4.98. The van der Waals surface area contributed by atoms with E-state index in [1.54, 1.807) is 0 Å². The number of nitrogens with two attached hydrogens (primary N) is 1. The molecule has 0 saturated carbocycles. The number of nitrogens with one attached hydrogen (secondary N) is 1. The molecule has 0 aromatic carbocycles. The van der Waals surface area contributed by atoms with E-state index < -0.39 is 0 Å². The molecule has 47 valence electrons. The molecule has 3 N–H and O–H groups in total. The lowest BCUT2D eigenvalue weighted by Gasteiger charge is -1.97. The molecule has 0 spiro atoms. The first-order chi connectivity index (χ1) is 3.81. The van der Waals surface area contributed by atoms with Crippen molar-refractivity contribution in [2.45, 2.75) is 6.42 Å². The number of carbonyl (C=O) groups is 1. The molecule has 0 fully saturated rings. The van der Waals surface area contributed by atoms with Gasteiger partial charge in [-0.3, -0.25) is 4.79 Å². The summed E-state index contributed by atoms with van der Waals surface area (Å²) in [5.74, 6) is -0.117. The van der Waals surface area contributed by atoms with Gasteiger partial charge in [-0.15, -0.1) is 0 Å². The molecule has 1 radical (unpaired) electrons. The number of rotatable bonds is 3. The van der Waals surface area contributed by atoms with E-state index in [9.17, 15) is 4.79 Å². The second-order valence-corrected chi connectivity index (χ2v) is 1.41. The van der Waals surface area contributed by atoms with Crippen LogP contribution in [0.3, 0.4) is 0 Å². The number of carbonyl (C=O) groups excluding carboxylic acids is 1. The predicted molar refractivity (Wildman–Crippen MR) is 32.0 cm³/mol. The van der Waals surface area contributed by atoms with Gasteiger partial charge in [-0.05, 0) is 6.42 Å². The Morgan fingerprint density at radius 1 is 1.75 bits per heavy atom. The van der Waals surface area contributed by atoms with Crippen LogP contribution in [0.15, 0.2) is 0 Å². The van der Waals surface area contributed by atoms with Crippen molar-refractivity contribution >= 4 is 5.91 Å². The Bertz CT molecular complexity index is 72.8. The molecule has 0 aromatic rings. The second-order valence-electron chi connectivity index (χ2n) is 1.41. The smallest absolute Gasteiger partial charge is 0.233 e. The highest BCUT2D eigenvalue weighted by Crippen LogP contribution is 1.66. The van der Waals surface area contributed by atoms with Gasteiger partial charge in [0.1, 0.15) is 0 Å². The van der Waals surface area contributed by atoms with Gasteiger partial charge >= 0.3 is 0 Å². The largest absolute Gasteiger partial charge is 0.355 e. The van der Waals surface area contributed by atoms with Crippen LogP contribution in [-0.2, 0) is 4.79 Å². The van der Waals surface area contributed by atoms with Crippen molar-refractivity contribution in [3.8, 4) is 0 Å². The van der Waals surface area contributed by atoms with Gasteiger partial charge in [0.2, 0.25) is 5.91 Å². The number of hydrogen-bond acceptors (Lipinski definition) is 2. The summed E-state index contributed by atoms with van der Waals surface area (Å²) in [4.78, 5) is 10.3. The zero-order valence-electron chi connectivity index (χ0n) is 4.81. The van der Waals surface area contributed by atoms with Crippen LogP contribution in [0.1, 0.15) is 6.42 Å². The number of amides is 1. The van der Waals surface area contributed by atoms with Crippen molar-refractivity contribution in [3.63, 3.8) is 0 Å². The summed E-state index contributed by atoms with van der Waals surface area (Å²) in [6, 6.07) is 0. The molecular weight excluding hydrogens is 104 g/mol. The van der Waals surface area contributed by atoms with Gasteiger partial charge < -0.3 is 11.1 Å². The fraction of sp³-hybridized carbons (Fsp3) is 0.600. The lowest BCUT2D eigenvalue weighted by atomic mass is 10.5. The molecule has 0 atom stereocenters. The van der Waals surface area contributed by atoms with E-state index >= 15 is 0 Å². The maximum atomic E-state index is 10.3. The molecule has 0 bridgehead atoms. The van der Waals surface area contributed by atoms with E-state index in [0.29, 0.717) is 13.0 Å². The molecule has 0 rings (SSSR count). The Balaban J connectivity index is 2.99. The number of hydrogen-bond donors (Lipinski definition) is 2.